The Morgan fingerprint density at radius 2 is 2.25 bits per heavy atom. The van der Waals surface area contributed by atoms with Gasteiger partial charge < -0.3 is 14.7 Å². The first kappa shape index (κ1) is 16.1. The van der Waals surface area contributed by atoms with Gasteiger partial charge in [0.1, 0.15) is 0 Å². The summed E-state index contributed by atoms with van der Waals surface area (Å²) in [6, 6.07) is 7.71. The highest BCUT2D eigenvalue weighted by Crippen LogP contribution is 2.13. The molecule has 8 heteroatoms. The predicted molar refractivity (Wildman–Crippen MR) is 84.0 cm³/mol. The molecule has 0 radical (unpaired) electrons. The lowest BCUT2D eigenvalue weighted by Crippen LogP contribution is -2.46. The summed E-state index contributed by atoms with van der Waals surface area (Å²) in [5.74, 6) is -1.22. The number of hydrogen-bond acceptors (Lipinski definition) is 5. The van der Waals surface area contributed by atoms with Crippen LogP contribution in [0.4, 0.5) is 0 Å². The Bertz CT molecular complexity index is 758. The Morgan fingerprint density at radius 3 is 3.00 bits per heavy atom. The molecule has 2 heterocycles. The molecular weight excluding hydrogens is 312 g/mol. The minimum atomic E-state index is -0.945. The zero-order valence-electron chi connectivity index (χ0n) is 13.3. The number of nitrogens with zero attached hydrogens (tertiary/aromatic N) is 4. The average Bonchev–Trinajstić information content (AvgIpc) is 3.04. The monoisotopic (exact) mass is 330 g/mol. The number of hydrogen-bond donors (Lipinski definition) is 1. The second-order valence-electron chi connectivity index (χ2n) is 5.73. The van der Waals surface area contributed by atoms with E-state index in [1.807, 2.05) is 31.2 Å². The van der Waals surface area contributed by atoms with E-state index in [0.29, 0.717) is 13.2 Å². The highest BCUT2D eigenvalue weighted by Gasteiger charge is 2.28. The van der Waals surface area contributed by atoms with E-state index < -0.39 is 12.1 Å². The lowest BCUT2D eigenvalue weighted by molar-refractivity contribution is -0.141. The van der Waals surface area contributed by atoms with Crippen molar-refractivity contribution in [2.75, 3.05) is 19.7 Å². The van der Waals surface area contributed by atoms with Gasteiger partial charge >= 0.3 is 5.97 Å². The first-order valence-corrected chi connectivity index (χ1v) is 7.65. The molecule has 1 aliphatic rings. The number of carbonyl (C=O) groups excluding carboxylic acids is 1. The lowest BCUT2D eigenvalue weighted by atomic mass is 10.2. The maximum absolute atomic E-state index is 12.5. The molecule has 1 saturated heterocycles. The first-order valence-electron chi connectivity index (χ1n) is 7.65. The minimum Gasteiger partial charge on any atom is -0.481 e. The summed E-state index contributed by atoms with van der Waals surface area (Å²) in [6.07, 6.45) is 0.963. The molecule has 0 saturated carbocycles. The zero-order valence-corrected chi connectivity index (χ0v) is 13.3. The van der Waals surface area contributed by atoms with Crippen LogP contribution in [0.2, 0.25) is 0 Å². The van der Waals surface area contributed by atoms with E-state index in [4.69, 9.17) is 9.84 Å². The second kappa shape index (κ2) is 6.79. The van der Waals surface area contributed by atoms with Gasteiger partial charge in [-0.05, 0) is 24.6 Å². The van der Waals surface area contributed by atoms with Crippen LogP contribution >= 0.6 is 0 Å². The lowest BCUT2D eigenvalue weighted by Gasteiger charge is -2.31. The maximum atomic E-state index is 12.5. The van der Waals surface area contributed by atoms with Gasteiger partial charge in [0.15, 0.2) is 5.69 Å². The SMILES string of the molecule is Cc1cccc(-n2cc(C(=O)N3CCOC(CC(=O)O)C3)nn2)c1. The van der Waals surface area contributed by atoms with E-state index >= 15 is 0 Å². The Labute approximate surface area is 138 Å². The quantitative estimate of drug-likeness (QED) is 0.894. The number of benzene rings is 1. The minimum absolute atomic E-state index is 0.125. The van der Waals surface area contributed by atoms with Crippen LogP contribution in [0.15, 0.2) is 30.5 Å². The molecule has 1 aliphatic heterocycles. The van der Waals surface area contributed by atoms with Gasteiger partial charge in [-0.2, -0.15) is 0 Å². The van der Waals surface area contributed by atoms with E-state index in [2.05, 4.69) is 10.3 Å². The van der Waals surface area contributed by atoms with Crippen molar-refractivity contribution in [2.24, 2.45) is 0 Å². The van der Waals surface area contributed by atoms with Gasteiger partial charge in [0.25, 0.3) is 5.91 Å². The summed E-state index contributed by atoms with van der Waals surface area (Å²) in [6.45, 7) is 2.94. The number of carboxylic acid groups (broad SMARTS) is 1. The van der Waals surface area contributed by atoms with E-state index in [1.54, 1.807) is 15.8 Å². The molecule has 24 heavy (non-hydrogen) atoms. The standard InChI is InChI=1S/C16H18N4O4/c1-11-3-2-4-12(7-11)20-10-14(17-18-20)16(23)19-5-6-24-13(9-19)8-15(21)22/h2-4,7,10,13H,5-6,8-9H2,1H3,(H,21,22). The molecule has 1 aromatic carbocycles. The number of ether oxygens (including phenoxy) is 1. The van der Waals surface area contributed by atoms with Crippen LogP contribution < -0.4 is 0 Å². The topological polar surface area (TPSA) is 97.5 Å². The molecule has 126 valence electrons. The molecule has 2 aromatic rings. The number of aryl methyl sites for hydroxylation is 1. The number of morpholine rings is 1. The molecule has 0 aliphatic carbocycles. The number of rotatable bonds is 4. The van der Waals surface area contributed by atoms with Crippen LogP contribution in [-0.4, -0.2) is 62.7 Å². The van der Waals surface area contributed by atoms with Crippen molar-refractivity contribution >= 4 is 11.9 Å². The number of carboxylic acids is 1. The summed E-state index contributed by atoms with van der Waals surface area (Å²) in [7, 11) is 0. The largest absolute Gasteiger partial charge is 0.481 e. The summed E-state index contributed by atoms with van der Waals surface area (Å²) >= 11 is 0. The van der Waals surface area contributed by atoms with E-state index in [9.17, 15) is 9.59 Å². The van der Waals surface area contributed by atoms with Crippen molar-refractivity contribution in [2.45, 2.75) is 19.4 Å². The molecule has 0 bridgehead atoms. The molecule has 1 fully saturated rings. The molecule has 0 spiro atoms. The summed E-state index contributed by atoms with van der Waals surface area (Å²) < 4.78 is 6.93. The summed E-state index contributed by atoms with van der Waals surface area (Å²) in [5.41, 5.74) is 2.14. The third-order valence-corrected chi connectivity index (χ3v) is 3.81. The van der Waals surface area contributed by atoms with E-state index in [1.165, 1.54) is 0 Å². The molecule has 1 unspecified atom stereocenters. The summed E-state index contributed by atoms with van der Waals surface area (Å²) in [4.78, 5) is 24.9. The third-order valence-electron chi connectivity index (χ3n) is 3.81. The van der Waals surface area contributed by atoms with Crippen LogP contribution in [-0.2, 0) is 9.53 Å². The Hall–Kier alpha value is -2.74. The normalized spacial score (nSPS) is 17.7. The highest BCUT2D eigenvalue weighted by molar-refractivity contribution is 5.92. The molecule has 1 amide bonds. The Balaban J connectivity index is 1.72. The third kappa shape index (κ3) is 3.60. The van der Waals surface area contributed by atoms with Crippen molar-refractivity contribution in [3.05, 3.63) is 41.7 Å². The molecule has 1 N–H and O–H groups in total. The molecular formula is C16H18N4O4. The van der Waals surface area contributed by atoms with Crippen LogP contribution in [0.1, 0.15) is 22.5 Å². The fourth-order valence-electron chi connectivity index (χ4n) is 2.64. The number of aliphatic carboxylic acids is 1. The van der Waals surface area contributed by atoms with Crippen molar-refractivity contribution in [3.63, 3.8) is 0 Å². The van der Waals surface area contributed by atoms with Crippen LogP contribution in [0, 0.1) is 6.92 Å². The van der Waals surface area contributed by atoms with Crippen LogP contribution in [0.5, 0.6) is 0 Å². The predicted octanol–water partition coefficient (Wildman–Crippen LogP) is 0.891. The molecule has 8 nitrogen and oxygen atoms in total. The Kier molecular flexibility index (Phi) is 4.57. The highest BCUT2D eigenvalue weighted by atomic mass is 16.5. The van der Waals surface area contributed by atoms with Gasteiger partial charge in [-0.1, -0.05) is 17.3 Å². The average molecular weight is 330 g/mol. The Morgan fingerprint density at radius 1 is 1.42 bits per heavy atom. The number of aromatic nitrogens is 3. The molecule has 3 rings (SSSR count). The smallest absolute Gasteiger partial charge is 0.306 e. The van der Waals surface area contributed by atoms with Gasteiger partial charge in [0.05, 0.1) is 31.0 Å². The fourth-order valence-corrected chi connectivity index (χ4v) is 2.64. The van der Waals surface area contributed by atoms with E-state index in [-0.39, 0.29) is 24.6 Å². The second-order valence-corrected chi connectivity index (χ2v) is 5.73. The van der Waals surface area contributed by atoms with Gasteiger partial charge in [0, 0.05) is 13.1 Å². The molecule has 1 aromatic heterocycles. The van der Waals surface area contributed by atoms with Crippen molar-refractivity contribution in [3.8, 4) is 5.69 Å². The maximum Gasteiger partial charge on any atom is 0.306 e. The van der Waals surface area contributed by atoms with Crippen molar-refractivity contribution < 1.29 is 19.4 Å². The fraction of sp³-hybridized carbons (Fsp3) is 0.375. The van der Waals surface area contributed by atoms with Gasteiger partial charge in [-0.25, -0.2) is 4.68 Å². The van der Waals surface area contributed by atoms with Crippen molar-refractivity contribution in [1.82, 2.24) is 19.9 Å². The summed E-state index contributed by atoms with van der Waals surface area (Å²) in [5, 5.41) is 16.8. The van der Waals surface area contributed by atoms with E-state index in [0.717, 1.165) is 11.3 Å². The van der Waals surface area contributed by atoms with Crippen molar-refractivity contribution in [1.29, 1.82) is 0 Å². The number of amides is 1. The first-order chi connectivity index (χ1) is 11.5. The van der Waals surface area contributed by atoms with Gasteiger partial charge in [-0.3, -0.25) is 9.59 Å². The number of carbonyl (C=O) groups is 2. The van der Waals surface area contributed by atoms with Crippen LogP contribution in [0.25, 0.3) is 5.69 Å². The zero-order chi connectivity index (χ0) is 17.1. The van der Waals surface area contributed by atoms with Gasteiger partial charge in [-0.15, -0.1) is 5.10 Å². The van der Waals surface area contributed by atoms with Crippen LogP contribution in [0.3, 0.4) is 0 Å². The molecule has 1 atom stereocenters. The van der Waals surface area contributed by atoms with Gasteiger partial charge in [0.2, 0.25) is 0 Å².